The Labute approximate surface area is 116 Å². The van der Waals surface area contributed by atoms with E-state index >= 15 is 0 Å². The van der Waals surface area contributed by atoms with Crippen molar-refractivity contribution >= 4 is 17.3 Å². The number of rotatable bonds is 5. The van der Waals surface area contributed by atoms with E-state index in [0.29, 0.717) is 11.3 Å². The van der Waals surface area contributed by atoms with Gasteiger partial charge in [0.05, 0.1) is 5.56 Å². The van der Waals surface area contributed by atoms with Crippen LogP contribution in [0.25, 0.3) is 0 Å². The Balaban J connectivity index is 3.11. The number of carbonyl (C=O) groups is 1. The molecule has 0 atom stereocenters. The number of nitrogens with zero attached hydrogens (tertiary/aromatic N) is 1. The van der Waals surface area contributed by atoms with E-state index in [4.69, 9.17) is 5.73 Å². The Morgan fingerprint density at radius 1 is 1.37 bits per heavy atom. The van der Waals surface area contributed by atoms with Crippen LogP contribution in [0.1, 0.15) is 44.0 Å². The van der Waals surface area contributed by atoms with Gasteiger partial charge in [-0.1, -0.05) is 13.3 Å². The molecule has 1 rings (SSSR count). The van der Waals surface area contributed by atoms with Crippen molar-refractivity contribution in [1.29, 1.82) is 0 Å². The number of hydrogen-bond donors (Lipinski definition) is 2. The monoisotopic (exact) mass is 263 g/mol. The average Bonchev–Trinajstić information content (AvgIpc) is 2.27. The predicted molar refractivity (Wildman–Crippen MR) is 81.5 cm³/mol. The second-order valence-corrected chi connectivity index (χ2v) is 5.76. The lowest BCUT2D eigenvalue weighted by atomic mass is 9.97. The van der Waals surface area contributed by atoms with E-state index in [1.54, 1.807) is 31.1 Å². The van der Waals surface area contributed by atoms with Gasteiger partial charge in [-0.3, -0.25) is 4.79 Å². The first-order valence-electron chi connectivity index (χ1n) is 6.66. The van der Waals surface area contributed by atoms with Crippen molar-refractivity contribution in [2.45, 2.75) is 39.2 Å². The van der Waals surface area contributed by atoms with E-state index in [0.717, 1.165) is 18.5 Å². The van der Waals surface area contributed by atoms with Crippen molar-refractivity contribution in [3.8, 4) is 0 Å². The topological polar surface area (TPSA) is 58.4 Å². The summed E-state index contributed by atoms with van der Waals surface area (Å²) in [6.45, 7) is 6.40. The van der Waals surface area contributed by atoms with E-state index in [-0.39, 0.29) is 11.4 Å². The Morgan fingerprint density at radius 3 is 2.53 bits per heavy atom. The van der Waals surface area contributed by atoms with Crippen LogP contribution in [0.15, 0.2) is 18.2 Å². The van der Waals surface area contributed by atoms with Gasteiger partial charge in [0.15, 0.2) is 0 Å². The molecule has 1 amide bonds. The van der Waals surface area contributed by atoms with Crippen LogP contribution in [0, 0.1) is 0 Å². The van der Waals surface area contributed by atoms with E-state index in [2.05, 4.69) is 26.1 Å². The zero-order chi connectivity index (χ0) is 14.6. The number of benzene rings is 1. The van der Waals surface area contributed by atoms with Crippen LogP contribution in [-0.4, -0.2) is 30.4 Å². The van der Waals surface area contributed by atoms with Gasteiger partial charge in [-0.05, 0) is 38.5 Å². The van der Waals surface area contributed by atoms with E-state index in [1.807, 2.05) is 6.07 Å². The highest BCUT2D eigenvalue weighted by atomic mass is 16.2. The maximum atomic E-state index is 12.2. The van der Waals surface area contributed by atoms with Crippen molar-refractivity contribution in [2.24, 2.45) is 0 Å². The molecule has 0 heterocycles. The smallest absolute Gasteiger partial charge is 0.255 e. The van der Waals surface area contributed by atoms with Gasteiger partial charge in [0, 0.05) is 31.0 Å². The van der Waals surface area contributed by atoms with Crippen LogP contribution in [0.2, 0.25) is 0 Å². The Hall–Kier alpha value is -1.71. The summed E-state index contributed by atoms with van der Waals surface area (Å²) in [6.07, 6.45) is 2.11. The first-order chi connectivity index (χ1) is 8.76. The summed E-state index contributed by atoms with van der Waals surface area (Å²) >= 11 is 0. The molecule has 0 fully saturated rings. The molecule has 0 saturated heterocycles. The molecule has 4 heteroatoms. The second-order valence-electron chi connectivity index (χ2n) is 5.76. The summed E-state index contributed by atoms with van der Waals surface area (Å²) in [5.74, 6) is -0.0187. The number of carbonyl (C=O) groups excluding carboxylic acids is 1. The number of amides is 1. The molecule has 0 spiro atoms. The zero-order valence-electron chi connectivity index (χ0n) is 12.6. The highest BCUT2D eigenvalue weighted by molar-refractivity contribution is 6.00. The third-order valence-electron chi connectivity index (χ3n) is 3.03. The molecule has 0 bridgehead atoms. The standard InChI is InChI=1S/C15H25N3O/c1-6-9-15(2,3)17-13-10-11(16)7-8-12(13)14(19)18(4)5/h7-8,10,17H,6,9,16H2,1-5H3. The Morgan fingerprint density at radius 2 is 2.00 bits per heavy atom. The molecule has 0 aliphatic rings. The molecule has 0 radical (unpaired) electrons. The third kappa shape index (κ3) is 4.16. The highest BCUT2D eigenvalue weighted by Gasteiger charge is 2.20. The van der Waals surface area contributed by atoms with E-state index in [1.165, 1.54) is 0 Å². The lowest BCUT2D eigenvalue weighted by molar-refractivity contribution is 0.0828. The highest BCUT2D eigenvalue weighted by Crippen LogP contribution is 2.26. The lowest BCUT2D eigenvalue weighted by Gasteiger charge is -2.29. The SMILES string of the molecule is CCCC(C)(C)Nc1cc(N)ccc1C(=O)N(C)C. The van der Waals surface area contributed by atoms with Gasteiger partial charge < -0.3 is 16.0 Å². The van der Waals surface area contributed by atoms with Crippen LogP contribution in [-0.2, 0) is 0 Å². The summed E-state index contributed by atoms with van der Waals surface area (Å²) in [7, 11) is 3.50. The molecule has 4 nitrogen and oxygen atoms in total. The van der Waals surface area contributed by atoms with Gasteiger partial charge in [-0.2, -0.15) is 0 Å². The maximum Gasteiger partial charge on any atom is 0.255 e. The zero-order valence-corrected chi connectivity index (χ0v) is 12.6. The minimum atomic E-state index is -0.0656. The summed E-state index contributed by atoms with van der Waals surface area (Å²) < 4.78 is 0. The summed E-state index contributed by atoms with van der Waals surface area (Å²) in [5, 5.41) is 3.44. The number of nitrogens with two attached hydrogens (primary N) is 1. The fraction of sp³-hybridized carbons (Fsp3) is 0.533. The number of nitrogens with one attached hydrogen (secondary N) is 1. The fourth-order valence-electron chi connectivity index (χ4n) is 2.14. The predicted octanol–water partition coefficient (Wildman–Crippen LogP) is 2.96. The van der Waals surface area contributed by atoms with Gasteiger partial charge in [0.25, 0.3) is 5.91 Å². The van der Waals surface area contributed by atoms with Crippen molar-refractivity contribution in [3.05, 3.63) is 23.8 Å². The van der Waals surface area contributed by atoms with Gasteiger partial charge in [-0.15, -0.1) is 0 Å². The van der Waals surface area contributed by atoms with Crippen LogP contribution in [0.3, 0.4) is 0 Å². The molecule has 1 aromatic rings. The quantitative estimate of drug-likeness (QED) is 0.803. The number of hydrogen-bond acceptors (Lipinski definition) is 3. The van der Waals surface area contributed by atoms with Gasteiger partial charge in [-0.25, -0.2) is 0 Å². The van der Waals surface area contributed by atoms with Crippen LogP contribution >= 0.6 is 0 Å². The summed E-state index contributed by atoms with van der Waals surface area (Å²) in [6, 6.07) is 5.37. The molecule has 106 valence electrons. The Bertz CT molecular complexity index is 453. The van der Waals surface area contributed by atoms with Gasteiger partial charge in [0.2, 0.25) is 0 Å². The molecule has 0 saturated carbocycles. The fourth-order valence-corrected chi connectivity index (χ4v) is 2.14. The largest absolute Gasteiger partial charge is 0.399 e. The molecule has 19 heavy (non-hydrogen) atoms. The number of nitrogen functional groups attached to an aromatic ring is 1. The first kappa shape index (κ1) is 15.3. The molecule has 3 N–H and O–H groups in total. The first-order valence-corrected chi connectivity index (χ1v) is 6.66. The Kier molecular flexibility index (Phi) is 4.81. The van der Waals surface area contributed by atoms with Crippen molar-refractivity contribution < 1.29 is 4.79 Å². The second kappa shape index (κ2) is 5.95. The molecular formula is C15H25N3O. The van der Waals surface area contributed by atoms with Gasteiger partial charge >= 0.3 is 0 Å². The van der Waals surface area contributed by atoms with E-state index < -0.39 is 0 Å². The van der Waals surface area contributed by atoms with Crippen LogP contribution in [0.5, 0.6) is 0 Å². The molecule has 0 unspecified atom stereocenters. The normalized spacial score (nSPS) is 11.2. The van der Waals surface area contributed by atoms with Gasteiger partial charge in [0.1, 0.15) is 0 Å². The molecular weight excluding hydrogens is 238 g/mol. The summed E-state index contributed by atoms with van der Waals surface area (Å²) in [4.78, 5) is 13.7. The number of anilines is 2. The molecule has 1 aromatic carbocycles. The minimum absolute atomic E-state index is 0.0187. The molecule has 0 aliphatic carbocycles. The van der Waals surface area contributed by atoms with E-state index in [9.17, 15) is 4.79 Å². The van der Waals surface area contributed by atoms with Crippen molar-refractivity contribution in [3.63, 3.8) is 0 Å². The molecule has 0 aromatic heterocycles. The lowest BCUT2D eigenvalue weighted by Crippen LogP contribution is -2.32. The van der Waals surface area contributed by atoms with Crippen molar-refractivity contribution in [1.82, 2.24) is 4.90 Å². The maximum absolute atomic E-state index is 12.2. The third-order valence-corrected chi connectivity index (χ3v) is 3.03. The average molecular weight is 263 g/mol. The summed E-state index contributed by atoms with van der Waals surface area (Å²) in [5.41, 5.74) is 7.88. The molecule has 0 aliphatic heterocycles. The van der Waals surface area contributed by atoms with Crippen molar-refractivity contribution in [2.75, 3.05) is 25.1 Å². The van der Waals surface area contributed by atoms with Crippen LogP contribution in [0.4, 0.5) is 11.4 Å². The van der Waals surface area contributed by atoms with Crippen LogP contribution < -0.4 is 11.1 Å². The minimum Gasteiger partial charge on any atom is -0.399 e.